The molecule has 0 N–H and O–H groups in total. The van der Waals surface area contributed by atoms with Gasteiger partial charge in [-0.05, 0) is 43.2 Å². The van der Waals surface area contributed by atoms with E-state index >= 15 is 0 Å². The minimum Gasteiger partial charge on any atom is -0.317 e. The summed E-state index contributed by atoms with van der Waals surface area (Å²) in [4.78, 5) is 17.0. The van der Waals surface area contributed by atoms with Crippen LogP contribution in [-0.2, 0) is 17.1 Å². The second-order valence-electron chi connectivity index (χ2n) is 7.44. The van der Waals surface area contributed by atoms with E-state index in [0.29, 0.717) is 17.8 Å². The van der Waals surface area contributed by atoms with Crippen molar-refractivity contribution in [3.63, 3.8) is 0 Å². The van der Waals surface area contributed by atoms with E-state index in [2.05, 4.69) is 4.99 Å². The maximum atomic E-state index is 14.1. The fourth-order valence-electron chi connectivity index (χ4n) is 3.66. The third-order valence-electron chi connectivity index (χ3n) is 5.32. The van der Waals surface area contributed by atoms with Crippen molar-refractivity contribution < 1.29 is 22.0 Å². The molecule has 0 aliphatic carbocycles. The molecule has 164 valence electrons. The number of hydrogen-bond acceptors (Lipinski definition) is 4. The van der Waals surface area contributed by atoms with Crippen molar-refractivity contribution in [2.45, 2.75) is 30.6 Å². The van der Waals surface area contributed by atoms with Gasteiger partial charge in [-0.2, -0.15) is 9.30 Å². The first kappa shape index (κ1) is 21.8. The quantitative estimate of drug-likeness (QED) is 0.590. The summed E-state index contributed by atoms with van der Waals surface area (Å²) in [6.45, 7) is 0.996. The average Bonchev–Trinajstić information content (AvgIpc) is 2.90. The smallest absolute Gasteiger partial charge is 0.279 e. The van der Waals surface area contributed by atoms with Gasteiger partial charge >= 0.3 is 0 Å². The van der Waals surface area contributed by atoms with E-state index in [1.807, 2.05) is 0 Å². The predicted octanol–water partition coefficient (Wildman–Crippen LogP) is 3.82. The Morgan fingerprint density at radius 3 is 2.32 bits per heavy atom. The Morgan fingerprint density at radius 1 is 1.03 bits per heavy atom. The molecule has 2 aromatic carbocycles. The number of benzene rings is 2. The minimum atomic E-state index is -3.61. The second-order valence-corrected chi connectivity index (χ2v) is 10.4. The molecule has 3 aromatic rings. The standard InChI is InChI=1S/C21H21F2N3O3S2/c1-25-19-17(23)12-15(22)13-18(19)30-21(25)24-20(27)14-6-8-16(9-7-14)31(28,29)26-10-4-2-3-5-11-26/h6-9,12-13H,2-5,10-11H2,1H3. The van der Waals surface area contributed by atoms with Gasteiger partial charge in [-0.3, -0.25) is 4.79 Å². The Balaban J connectivity index is 1.63. The van der Waals surface area contributed by atoms with Crippen LogP contribution in [0, 0.1) is 11.6 Å². The average molecular weight is 466 g/mol. The first-order chi connectivity index (χ1) is 14.8. The van der Waals surface area contributed by atoms with Gasteiger partial charge in [-0.1, -0.05) is 24.2 Å². The highest BCUT2D eigenvalue weighted by Gasteiger charge is 2.25. The highest BCUT2D eigenvalue weighted by Crippen LogP contribution is 2.22. The molecule has 1 amide bonds. The Bertz CT molecular complexity index is 1300. The Kier molecular flexibility index (Phi) is 6.05. The Hall–Kier alpha value is -2.43. The van der Waals surface area contributed by atoms with Crippen LogP contribution in [0.1, 0.15) is 36.0 Å². The van der Waals surface area contributed by atoms with E-state index in [1.165, 1.54) is 39.2 Å². The van der Waals surface area contributed by atoms with Gasteiger partial charge in [0.05, 0.1) is 15.1 Å². The molecule has 1 aliphatic rings. The second kappa shape index (κ2) is 8.60. The lowest BCUT2D eigenvalue weighted by atomic mass is 10.2. The van der Waals surface area contributed by atoms with Gasteiger partial charge in [0.2, 0.25) is 10.0 Å². The minimum absolute atomic E-state index is 0.135. The molecule has 0 spiro atoms. The molecule has 2 heterocycles. The van der Waals surface area contributed by atoms with Gasteiger partial charge in [0.1, 0.15) is 5.82 Å². The van der Waals surface area contributed by atoms with Crippen molar-refractivity contribution in [1.82, 2.24) is 8.87 Å². The number of thiazole rings is 1. The molecule has 1 saturated heterocycles. The number of fused-ring (bicyclic) bond motifs is 1. The maximum Gasteiger partial charge on any atom is 0.279 e. The molecule has 0 radical (unpaired) electrons. The van der Waals surface area contributed by atoms with Crippen LogP contribution < -0.4 is 4.80 Å². The summed E-state index contributed by atoms with van der Waals surface area (Å²) in [5.41, 5.74) is 0.371. The van der Waals surface area contributed by atoms with Crippen molar-refractivity contribution in [1.29, 1.82) is 0 Å². The normalized spacial score (nSPS) is 16.5. The molecule has 0 saturated carbocycles. The first-order valence-electron chi connectivity index (χ1n) is 9.91. The maximum absolute atomic E-state index is 14.1. The van der Waals surface area contributed by atoms with Crippen LogP contribution in [0.15, 0.2) is 46.3 Å². The first-order valence-corrected chi connectivity index (χ1v) is 12.2. The molecule has 0 unspecified atom stereocenters. The van der Waals surface area contributed by atoms with Crippen LogP contribution in [-0.4, -0.2) is 36.3 Å². The van der Waals surface area contributed by atoms with Crippen molar-refractivity contribution >= 4 is 37.5 Å². The van der Waals surface area contributed by atoms with Crippen molar-refractivity contribution in [2.24, 2.45) is 12.0 Å². The number of hydrogen-bond donors (Lipinski definition) is 0. The number of sulfonamides is 1. The summed E-state index contributed by atoms with van der Waals surface area (Å²) in [5.74, 6) is -2.03. The lowest BCUT2D eigenvalue weighted by Gasteiger charge is -2.19. The third kappa shape index (κ3) is 4.32. The third-order valence-corrected chi connectivity index (χ3v) is 8.31. The number of aromatic nitrogens is 1. The molecule has 0 bridgehead atoms. The fourth-order valence-corrected chi connectivity index (χ4v) is 6.23. The van der Waals surface area contributed by atoms with Crippen LogP contribution in [0.4, 0.5) is 8.78 Å². The summed E-state index contributed by atoms with van der Waals surface area (Å²) in [6, 6.07) is 7.62. The number of carbonyl (C=O) groups is 1. The van der Waals surface area contributed by atoms with Crippen LogP contribution in [0.2, 0.25) is 0 Å². The van der Waals surface area contributed by atoms with Gasteiger partial charge in [-0.15, -0.1) is 0 Å². The predicted molar refractivity (Wildman–Crippen MR) is 114 cm³/mol. The number of halogens is 2. The molecule has 1 aliphatic heterocycles. The van der Waals surface area contributed by atoms with Crippen LogP contribution in [0.5, 0.6) is 0 Å². The van der Waals surface area contributed by atoms with Gasteiger partial charge in [0.25, 0.3) is 5.91 Å². The molecule has 6 nitrogen and oxygen atoms in total. The molecular weight excluding hydrogens is 444 g/mol. The van der Waals surface area contributed by atoms with Gasteiger partial charge in [-0.25, -0.2) is 17.2 Å². The van der Waals surface area contributed by atoms with Crippen LogP contribution >= 0.6 is 11.3 Å². The highest BCUT2D eigenvalue weighted by molar-refractivity contribution is 7.89. The summed E-state index contributed by atoms with van der Waals surface area (Å²) < 4.78 is 56.5. The van der Waals surface area contributed by atoms with Crippen molar-refractivity contribution in [3.05, 3.63) is 58.4 Å². The molecule has 1 fully saturated rings. The van der Waals surface area contributed by atoms with Gasteiger partial charge < -0.3 is 4.57 Å². The molecule has 31 heavy (non-hydrogen) atoms. The van der Waals surface area contributed by atoms with Crippen molar-refractivity contribution in [2.75, 3.05) is 13.1 Å². The molecule has 10 heteroatoms. The Labute approximate surface area is 182 Å². The van der Waals surface area contributed by atoms with E-state index in [4.69, 9.17) is 0 Å². The number of aryl methyl sites for hydroxylation is 1. The fraction of sp³-hybridized carbons (Fsp3) is 0.333. The SMILES string of the molecule is Cn1c(=NC(=O)c2ccc(S(=O)(=O)N3CCCCCC3)cc2)sc2cc(F)cc(F)c21. The summed E-state index contributed by atoms with van der Waals surface area (Å²) >= 11 is 0.996. The van der Waals surface area contributed by atoms with E-state index in [9.17, 15) is 22.0 Å². The van der Waals surface area contributed by atoms with Crippen LogP contribution in [0.3, 0.4) is 0 Å². The number of carbonyl (C=O) groups excluding carboxylic acids is 1. The number of amides is 1. The summed E-state index contributed by atoms with van der Waals surface area (Å²) in [7, 11) is -2.06. The van der Waals surface area contributed by atoms with E-state index in [0.717, 1.165) is 43.1 Å². The molecule has 1 aromatic heterocycles. The molecule has 0 atom stereocenters. The van der Waals surface area contributed by atoms with E-state index in [-0.39, 0.29) is 20.8 Å². The lowest BCUT2D eigenvalue weighted by Crippen LogP contribution is -2.31. The van der Waals surface area contributed by atoms with Gasteiger partial charge in [0.15, 0.2) is 10.6 Å². The lowest BCUT2D eigenvalue weighted by molar-refractivity contribution is 0.0998. The van der Waals surface area contributed by atoms with E-state index < -0.39 is 27.6 Å². The number of rotatable bonds is 3. The topological polar surface area (TPSA) is 71.7 Å². The molecule has 4 rings (SSSR count). The zero-order chi connectivity index (χ0) is 22.2. The van der Waals surface area contributed by atoms with Crippen LogP contribution in [0.25, 0.3) is 10.2 Å². The Morgan fingerprint density at radius 2 is 1.68 bits per heavy atom. The largest absolute Gasteiger partial charge is 0.317 e. The van der Waals surface area contributed by atoms with E-state index in [1.54, 1.807) is 7.05 Å². The zero-order valence-corrected chi connectivity index (χ0v) is 18.5. The monoisotopic (exact) mass is 465 g/mol. The molecular formula is C21H21F2N3O3S2. The summed E-state index contributed by atoms with van der Waals surface area (Å²) in [6.07, 6.45) is 3.72. The number of nitrogens with zero attached hydrogens (tertiary/aromatic N) is 3. The van der Waals surface area contributed by atoms with Crippen molar-refractivity contribution in [3.8, 4) is 0 Å². The highest BCUT2D eigenvalue weighted by atomic mass is 32.2. The zero-order valence-electron chi connectivity index (χ0n) is 16.8. The summed E-state index contributed by atoms with van der Waals surface area (Å²) in [5, 5.41) is 0. The van der Waals surface area contributed by atoms with Gasteiger partial charge in [0, 0.05) is 31.8 Å².